The molecule has 0 radical (unpaired) electrons. The first kappa shape index (κ1) is 20.3. The number of methoxy groups -OCH3 is 1. The summed E-state index contributed by atoms with van der Waals surface area (Å²) in [5, 5.41) is 6.89. The minimum atomic E-state index is -0.350. The second-order valence-corrected chi connectivity index (χ2v) is 7.40. The predicted molar refractivity (Wildman–Crippen MR) is 114 cm³/mol. The molecule has 0 heterocycles. The van der Waals surface area contributed by atoms with E-state index in [1.54, 1.807) is 6.07 Å². The largest absolute Gasteiger partial charge is 0.465 e. The van der Waals surface area contributed by atoms with Crippen molar-refractivity contribution < 1.29 is 9.53 Å². The Morgan fingerprint density at radius 3 is 2.58 bits per heavy atom. The number of thioether (sulfide) groups is 1. The minimum Gasteiger partial charge on any atom is -0.465 e. The van der Waals surface area contributed by atoms with Gasteiger partial charge in [0.15, 0.2) is 5.11 Å². The average molecular weight is 389 g/mol. The van der Waals surface area contributed by atoms with Crippen LogP contribution in [0.1, 0.15) is 27.0 Å². The Balaban J connectivity index is 1.75. The molecule has 26 heavy (non-hydrogen) atoms. The van der Waals surface area contributed by atoms with Gasteiger partial charge < -0.3 is 15.4 Å². The predicted octanol–water partition coefficient (Wildman–Crippen LogP) is 4.31. The highest BCUT2D eigenvalue weighted by molar-refractivity contribution is 7.98. The van der Waals surface area contributed by atoms with E-state index in [9.17, 15) is 4.79 Å². The number of carbonyl (C=O) groups is 1. The lowest BCUT2D eigenvalue weighted by Crippen LogP contribution is -2.30. The molecule has 4 nitrogen and oxygen atoms in total. The fourth-order valence-electron chi connectivity index (χ4n) is 2.38. The van der Waals surface area contributed by atoms with Gasteiger partial charge in [-0.3, -0.25) is 0 Å². The van der Waals surface area contributed by atoms with Crippen molar-refractivity contribution in [2.24, 2.45) is 0 Å². The zero-order valence-electron chi connectivity index (χ0n) is 15.3. The normalized spacial score (nSPS) is 10.3. The molecule has 0 unspecified atom stereocenters. The van der Waals surface area contributed by atoms with E-state index in [0.29, 0.717) is 10.7 Å². The molecule has 2 aromatic rings. The summed E-state index contributed by atoms with van der Waals surface area (Å²) in [5.41, 5.74) is 4.77. The number of hydrogen-bond donors (Lipinski definition) is 2. The number of carbonyl (C=O) groups excluding carboxylic acids is 1. The lowest BCUT2D eigenvalue weighted by atomic mass is 10.1. The first-order valence-corrected chi connectivity index (χ1v) is 9.93. The van der Waals surface area contributed by atoms with Crippen LogP contribution >= 0.6 is 24.0 Å². The van der Waals surface area contributed by atoms with E-state index in [1.807, 2.05) is 30.8 Å². The van der Waals surface area contributed by atoms with Gasteiger partial charge in [0.1, 0.15) is 0 Å². The van der Waals surface area contributed by atoms with Gasteiger partial charge in [-0.25, -0.2) is 4.79 Å². The van der Waals surface area contributed by atoms with Crippen LogP contribution in [0, 0.1) is 13.8 Å². The number of nitrogens with one attached hydrogen (secondary N) is 2. The molecule has 2 N–H and O–H groups in total. The van der Waals surface area contributed by atoms with Crippen molar-refractivity contribution in [3.8, 4) is 0 Å². The van der Waals surface area contributed by atoms with Crippen LogP contribution in [0.3, 0.4) is 0 Å². The van der Waals surface area contributed by atoms with Crippen LogP contribution in [0.25, 0.3) is 0 Å². The zero-order chi connectivity index (χ0) is 18.9. The summed E-state index contributed by atoms with van der Waals surface area (Å²) in [4.78, 5) is 11.8. The molecule has 0 saturated carbocycles. The second kappa shape index (κ2) is 10.2. The molecule has 2 rings (SSSR count). The summed E-state index contributed by atoms with van der Waals surface area (Å²) in [6.07, 6.45) is 0. The van der Waals surface area contributed by atoms with Gasteiger partial charge in [0, 0.05) is 23.7 Å². The van der Waals surface area contributed by atoms with E-state index in [4.69, 9.17) is 17.0 Å². The van der Waals surface area contributed by atoms with Gasteiger partial charge in [0.25, 0.3) is 0 Å². The van der Waals surface area contributed by atoms with E-state index >= 15 is 0 Å². The summed E-state index contributed by atoms with van der Waals surface area (Å²) in [6, 6.07) is 14.0. The van der Waals surface area contributed by atoms with Crippen molar-refractivity contribution in [1.29, 1.82) is 0 Å². The number of aryl methyl sites for hydroxylation is 1. The maximum atomic E-state index is 11.8. The zero-order valence-corrected chi connectivity index (χ0v) is 16.9. The van der Waals surface area contributed by atoms with Crippen molar-refractivity contribution in [3.63, 3.8) is 0 Å². The molecule has 6 heteroatoms. The monoisotopic (exact) mass is 388 g/mol. The highest BCUT2D eigenvalue weighted by Crippen LogP contribution is 2.19. The maximum absolute atomic E-state index is 11.8. The molecule has 138 valence electrons. The van der Waals surface area contributed by atoms with Crippen molar-refractivity contribution in [1.82, 2.24) is 5.32 Å². The van der Waals surface area contributed by atoms with Crippen LogP contribution in [0.2, 0.25) is 0 Å². The smallest absolute Gasteiger partial charge is 0.338 e. The van der Waals surface area contributed by atoms with Gasteiger partial charge >= 0.3 is 5.97 Å². The second-order valence-electron chi connectivity index (χ2n) is 5.89. The number of hydrogen-bond acceptors (Lipinski definition) is 4. The number of esters is 1. The summed E-state index contributed by atoms with van der Waals surface area (Å²) >= 11 is 7.20. The molecule has 0 fully saturated rings. The Morgan fingerprint density at radius 2 is 1.88 bits per heavy atom. The van der Waals surface area contributed by atoms with E-state index in [-0.39, 0.29) is 5.97 Å². The number of thiocarbonyl (C=S) groups is 1. The number of ether oxygens (including phenoxy) is 1. The van der Waals surface area contributed by atoms with Crippen molar-refractivity contribution >= 4 is 40.7 Å². The van der Waals surface area contributed by atoms with Crippen molar-refractivity contribution in [3.05, 3.63) is 64.7 Å². The quantitative estimate of drug-likeness (QED) is 0.419. The summed E-state index contributed by atoms with van der Waals surface area (Å²) in [7, 11) is 1.38. The van der Waals surface area contributed by atoms with Gasteiger partial charge in [-0.15, -0.1) is 0 Å². The molecule has 0 spiro atoms. The Bertz CT molecular complexity index is 761. The first-order valence-electron chi connectivity index (χ1n) is 8.37. The molecule has 0 atom stereocenters. The number of benzene rings is 2. The topological polar surface area (TPSA) is 50.4 Å². The summed E-state index contributed by atoms with van der Waals surface area (Å²) in [5.74, 6) is 1.59. The van der Waals surface area contributed by atoms with Gasteiger partial charge in [0.05, 0.1) is 12.7 Å². The van der Waals surface area contributed by atoms with Crippen LogP contribution < -0.4 is 10.6 Å². The minimum absolute atomic E-state index is 0.350. The number of rotatable bonds is 7. The fourth-order valence-corrected chi connectivity index (χ4v) is 3.41. The summed E-state index contributed by atoms with van der Waals surface area (Å²) < 4.78 is 4.79. The van der Waals surface area contributed by atoms with Crippen LogP contribution in [0.4, 0.5) is 5.69 Å². The first-order chi connectivity index (χ1) is 12.5. The van der Waals surface area contributed by atoms with E-state index < -0.39 is 0 Å². The van der Waals surface area contributed by atoms with Gasteiger partial charge in [0.2, 0.25) is 0 Å². The lowest BCUT2D eigenvalue weighted by Gasteiger charge is -2.14. The molecular weight excluding hydrogens is 364 g/mol. The van der Waals surface area contributed by atoms with Crippen LogP contribution in [0.15, 0.2) is 42.5 Å². The van der Waals surface area contributed by atoms with Crippen LogP contribution in [-0.4, -0.2) is 30.5 Å². The molecular formula is C20H24N2O2S2. The standard InChI is InChI=1S/C20H24N2O2S2/c1-14-7-9-16(10-8-14)13-26-12-11-21-20(25)22-18-6-4-5-17(15(18)2)19(23)24-3/h4-10H,11-13H2,1-3H3,(H2,21,22,25). The molecule has 0 aromatic heterocycles. The molecule has 0 bridgehead atoms. The molecule has 0 aliphatic rings. The summed E-state index contributed by atoms with van der Waals surface area (Å²) in [6.45, 7) is 4.74. The van der Waals surface area contributed by atoms with Crippen LogP contribution in [0.5, 0.6) is 0 Å². The van der Waals surface area contributed by atoms with E-state index in [2.05, 4.69) is 41.8 Å². The van der Waals surface area contributed by atoms with E-state index in [1.165, 1.54) is 18.2 Å². The van der Waals surface area contributed by atoms with Crippen LogP contribution in [-0.2, 0) is 10.5 Å². The molecule has 0 aliphatic heterocycles. The van der Waals surface area contributed by atoms with Gasteiger partial charge in [-0.1, -0.05) is 35.9 Å². The third-order valence-corrected chi connectivity index (χ3v) is 5.19. The maximum Gasteiger partial charge on any atom is 0.338 e. The third kappa shape index (κ3) is 6.04. The van der Waals surface area contributed by atoms with Crippen molar-refractivity contribution in [2.45, 2.75) is 19.6 Å². The van der Waals surface area contributed by atoms with Gasteiger partial charge in [-0.05, 0) is 49.3 Å². The molecule has 2 aromatic carbocycles. The average Bonchev–Trinajstić information content (AvgIpc) is 2.64. The Morgan fingerprint density at radius 1 is 1.15 bits per heavy atom. The fraction of sp³-hybridized carbons (Fsp3) is 0.300. The van der Waals surface area contributed by atoms with E-state index in [0.717, 1.165) is 29.3 Å². The van der Waals surface area contributed by atoms with Gasteiger partial charge in [-0.2, -0.15) is 11.8 Å². The Labute approximate surface area is 164 Å². The molecule has 0 aliphatic carbocycles. The molecule has 0 saturated heterocycles. The Hall–Kier alpha value is -2.05. The number of anilines is 1. The highest BCUT2D eigenvalue weighted by Gasteiger charge is 2.12. The third-order valence-electron chi connectivity index (χ3n) is 3.91. The SMILES string of the molecule is COC(=O)c1cccc(NC(=S)NCCSCc2ccc(C)cc2)c1C. The molecule has 0 amide bonds. The lowest BCUT2D eigenvalue weighted by molar-refractivity contribution is 0.0600. The Kier molecular flexibility index (Phi) is 7.94. The highest BCUT2D eigenvalue weighted by atomic mass is 32.2. The van der Waals surface area contributed by atoms with Crippen molar-refractivity contribution in [2.75, 3.05) is 24.7 Å².